The monoisotopic (exact) mass is 253 g/mol. The number of halogens is 1. The minimum Gasteiger partial charge on any atom is -0.411 e. The van der Waals surface area contributed by atoms with Crippen molar-refractivity contribution in [1.82, 2.24) is 0 Å². The SMILES string of the molecule is O/N=C1/[C@H]2[C@H]3C[C@@H]4[C@H]5C[C@](Br)([C@@H]42)[C@@H]1[C@H]53. The van der Waals surface area contributed by atoms with Crippen molar-refractivity contribution in [2.45, 2.75) is 17.2 Å². The Labute approximate surface area is 90.9 Å². The van der Waals surface area contributed by atoms with Crippen LogP contribution in [-0.4, -0.2) is 15.2 Å². The third-order valence-electron chi connectivity index (χ3n) is 6.17. The van der Waals surface area contributed by atoms with Gasteiger partial charge >= 0.3 is 0 Å². The smallest absolute Gasteiger partial charge is 0.0655 e. The van der Waals surface area contributed by atoms with Crippen LogP contribution in [0.5, 0.6) is 0 Å². The van der Waals surface area contributed by atoms with E-state index in [0.29, 0.717) is 16.2 Å². The van der Waals surface area contributed by atoms with Crippen molar-refractivity contribution in [3.63, 3.8) is 0 Å². The molecular formula is C11H12BrNO. The summed E-state index contributed by atoms with van der Waals surface area (Å²) < 4.78 is 0.367. The molecule has 14 heavy (non-hydrogen) atoms. The Morgan fingerprint density at radius 1 is 1.36 bits per heavy atom. The molecule has 1 N–H and O–H groups in total. The van der Waals surface area contributed by atoms with E-state index < -0.39 is 0 Å². The molecule has 6 saturated carbocycles. The molecule has 0 aromatic heterocycles. The molecule has 6 aliphatic carbocycles. The highest BCUT2D eigenvalue weighted by molar-refractivity contribution is 9.10. The molecule has 6 fully saturated rings. The zero-order valence-electron chi connectivity index (χ0n) is 7.73. The predicted octanol–water partition coefficient (Wildman–Crippen LogP) is 2.11. The second-order valence-electron chi connectivity index (χ2n) is 5.99. The Morgan fingerprint density at radius 2 is 2.21 bits per heavy atom. The number of alkyl halides is 1. The van der Waals surface area contributed by atoms with E-state index in [1.165, 1.54) is 18.6 Å². The molecule has 0 unspecified atom stereocenters. The molecule has 3 heteroatoms. The Bertz CT molecular complexity index is 395. The molecule has 0 amide bonds. The van der Waals surface area contributed by atoms with E-state index in [1.807, 2.05) is 0 Å². The number of hydrogen-bond donors (Lipinski definition) is 1. The van der Waals surface area contributed by atoms with Gasteiger partial charge in [0.1, 0.15) is 0 Å². The molecule has 0 radical (unpaired) electrons. The molecule has 2 nitrogen and oxygen atoms in total. The van der Waals surface area contributed by atoms with E-state index >= 15 is 0 Å². The van der Waals surface area contributed by atoms with E-state index in [9.17, 15) is 0 Å². The Kier molecular flexibility index (Phi) is 0.883. The third-order valence-corrected chi connectivity index (χ3v) is 7.52. The second-order valence-corrected chi connectivity index (χ2v) is 7.47. The van der Waals surface area contributed by atoms with Crippen molar-refractivity contribution in [3.8, 4) is 0 Å². The number of hydrogen-bond acceptors (Lipinski definition) is 2. The van der Waals surface area contributed by atoms with E-state index in [1.54, 1.807) is 0 Å². The maximum absolute atomic E-state index is 9.16. The summed E-state index contributed by atoms with van der Waals surface area (Å²) in [6.07, 6.45) is 2.80. The summed E-state index contributed by atoms with van der Waals surface area (Å²) >= 11 is 4.01. The summed E-state index contributed by atoms with van der Waals surface area (Å²) in [5.74, 6) is 5.85. The molecule has 6 aliphatic rings. The minimum absolute atomic E-state index is 0.367. The van der Waals surface area contributed by atoms with Gasteiger partial charge in [-0.1, -0.05) is 21.1 Å². The van der Waals surface area contributed by atoms with Crippen LogP contribution in [0.25, 0.3) is 0 Å². The minimum atomic E-state index is 0.367. The number of nitrogens with zero attached hydrogens (tertiary/aromatic N) is 1. The lowest BCUT2D eigenvalue weighted by atomic mass is 9.71. The highest BCUT2D eigenvalue weighted by Gasteiger charge is 2.85. The Balaban J connectivity index is 1.89. The molecule has 0 aromatic carbocycles. The van der Waals surface area contributed by atoms with E-state index in [-0.39, 0.29) is 0 Å². The summed E-state index contributed by atoms with van der Waals surface area (Å²) in [4.78, 5) is 0. The highest BCUT2D eigenvalue weighted by atomic mass is 79.9. The van der Waals surface area contributed by atoms with Gasteiger partial charge in [0.2, 0.25) is 0 Å². The Hall–Kier alpha value is -0.0500. The van der Waals surface area contributed by atoms with Crippen molar-refractivity contribution in [2.75, 3.05) is 0 Å². The quantitative estimate of drug-likeness (QED) is 0.401. The van der Waals surface area contributed by atoms with Crippen LogP contribution in [0.4, 0.5) is 0 Å². The number of oxime groups is 1. The van der Waals surface area contributed by atoms with Gasteiger partial charge in [0.25, 0.3) is 0 Å². The lowest BCUT2D eigenvalue weighted by molar-refractivity contribution is 0.149. The largest absolute Gasteiger partial charge is 0.411 e. The van der Waals surface area contributed by atoms with Crippen LogP contribution in [0.1, 0.15) is 12.8 Å². The first kappa shape index (κ1) is 7.26. The average molecular weight is 254 g/mol. The number of rotatable bonds is 0. The first-order chi connectivity index (χ1) is 6.77. The molecule has 6 rings (SSSR count). The molecule has 74 valence electrons. The summed E-state index contributed by atoms with van der Waals surface area (Å²) in [7, 11) is 0. The molecule has 0 spiro atoms. The van der Waals surface area contributed by atoms with Gasteiger partial charge in [0.05, 0.1) is 5.71 Å². The Morgan fingerprint density at radius 3 is 2.93 bits per heavy atom. The predicted molar refractivity (Wildman–Crippen MR) is 54.5 cm³/mol. The van der Waals surface area contributed by atoms with Gasteiger partial charge in [0, 0.05) is 16.2 Å². The molecule has 6 bridgehead atoms. The maximum Gasteiger partial charge on any atom is 0.0655 e. The van der Waals surface area contributed by atoms with Crippen molar-refractivity contribution in [1.29, 1.82) is 0 Å². The normalized spacial score (nSPS) is 77.8. The van der Waals surface area contributed by atoms with Crippen molar-refractivity contribution in [2.24, 2.45) is 46.6 Å². The maximum atomic E-state index is 9.16. The summed E-state index contributed by atoms with van der Waals surface area (Å²) in [5, 5.41) is 12.8. The van der Waals surface area contributed by atoms with Gasteiger partial charge in [0.15, 0.2) is 0 Å². The second kappa shape index (κ2) is 1.70. The van der Waals surface area contributed by atoms with Gasteiger partial charge in [-0.15, -0.1) is 0 Å². The van der Waals surface area contributed by atoms with Crippen molar-refractivity contribution < 1.29 is 5.21 Å². The van der Waals surface area contributed by atoms with E-state index in [0.717, 1.165) is 29.6 Å². The van der Waals surface area contributed by atoms with Crippen LogP contribution in [0.2, 0.25) is 0 Å². The van der Waals surface area contributed by atoms with Crippen LogP contribution in [0.3, 0.4) is 0 Å². The highest BCUT2D eigenvalue weighted by Crippen LogP contribution is 2.85. The lowest BCUT2D eigenvalue weighted by Crippen LogP contribution is -2.39. The summed E-state index contributed by atoms with van der Waals surface area (Å²) in [6.45, 7) is 0. The first-order valence-electron chi connectivity index (χ1n) is 5.68. The van der Waals surface area contributed by atoms with Crippen LogP contribution < -0.4 is 0 Å². The third kappa shape index (κ3) is 0.412. The summed E-state index contributed by atoms with van der Waals surface area (Å²) in [6, 6.07) is 0. The van der Waals surface area contributed by atoms with Gasteiger partial charge in [-0.05, 0) is 42.4 Å². The van der Waals surface area contributed by atoms with Crippen molar-refractivity contribution in [3.05, 3.63) is 0 Å². The van der Waals surface area contributed by atoms with Crippen molar-refractivity contribution >= 4 is 21.6 Å². The standard InChI is InChI=1S/C11H12BrNO/c12-11-2-5-3-1-4-6(5)9(11)10(13-14)7(4)8(3)11/h3-9,14H,1-2H2/b13-10-/t3-,4+,5-,6+,7+,8+,9-,11+/m1/s1. The van der Waals surface area contributed by atoms with Crippen LogP contribution in [0, 0.1) is 41.4 Å². The fourth-order valence-electron chi connectivity index (χ4n) is 6.35. The first-order valence-corrected chi connectivity index (χ1v) is 6.47. The van der Waals surface area contributed by atoms with Gasteiger partial charge < -0.3 is 5.21 Å². The van der Waals surface area contributed by atoms with Gasteiger partial charge in [-0.25, -0.2) is 0 Å². The topological polar surface area (TPSA) is 32.6 Å². The van der Waals surface area contributed by atoms with Crippen LogP contribution in [-0.2, 0) is 0 Å². The molecule has 8 atom stereocenters. The fraction of sp³-hybridized carbons (Fsp3) is 0.909. The van der Waals surface area contributed by atoms with E-state index in [2.05, 4.69) is 21.1 Å². The molecule has 0 heterocycles. The molecular weight excluding hydrogens is 242 g/mol. The molecule has 0 aliphatic heterocycles. The summed E-state index contributed by atoms with van der Waals surface area (Å²) in [5.41, 5.74) is 1.17. The van der Waals surface area contributed by atoms with E-state index in [4.69, 9.17) is 5.21 Å². The van der Waals surface area contributed by atoms with Gasteiger partial charge in [-0.2, -0.15) is 0 Å². The molecule has 0 saturated heterocycles. The zero-order valence-corrected chi connectivity index (χ0v) is 9.31. The van der Waals surface area contributed by atoms with Crippen LogP contribution >= 0.6 is 15.9 Å². The lowest BCUT2D eigenvalue weighted by Gasteiger charge is -2.37. The average Bonchev–Trinajstić information content (AvgIpc) is 2.76. The fourth-order valence-corrected chi connectivity index (χ4v) is 7.89. The van der Waals surface area contributed by atoms with Gasteiger partial charge in [-0.3, -0.25) is 0 Å². The zero-order chi connectivity index (χ0) is 9.24. The van der Waals surface area contributed by atoms with Crippen LogP contribution in [0.15, 0.2) is 5.16 Å². The molecule has 0 aromatic rings.